The van der Waals surface area contributed by atoms with Gasteiger partial charge in [0, 0.05) is 32.7 Å². The second-order valence-electron chi connectivity index (χ2n) is 3.97. The van der Waals surface area contributed by atoms with Gasteiger partial charge in [-0.15, -0.1) is 0 Å². The predicted molar refractivity (Wildman–Crippen MR) is 67.8 cm³/mol. The number of carbonyl (C=O) groups excluding carboxylic acids is 2. The van der Waals surface area contributed by atoms with Crippen LogP contribution in [0.2, 0.25) is 0 Å². The number of amides is 2. The highest BCUT2D eigenvalue weighted by molar-refractivity contribution is 5.77. The molecule has 4 heteroatoms. The van der Waals surface area contributed by atoms with Crippen LogP contribution in [0.5, 0.6) is 0 Å². The normalized spacial score (nSPS) is 14.0. The Labute approximate surface area is 102 Å². The van der Waals surface area contributed by atoms with Gasteiger partial charge in [0.25, 0.3) is 0 Å². The van der Waals surface area contributed by atoms with Crippen molar-refractivity contribution in [3.05, 3.63) is 30.3 Å². The zero-order valence-electron chi connectivity index (χ0n) is 10.3. The van der Waals surface area contributed by atoms with Gasteiger partial charge < -0.3 is 9.80 Å². The fourth-order valence-electron chi connectivity index (χ4n) is 1.51. The van der Waals surface area contributed by atoms with Crippen LogP contribution in [0.25, 0.3) is 0 Å². The van der Waals surface area contributed by atoms with Crippen LogP contribution in [-0.2, 0) is 9.59 Å². The number of para-hydroxylation sites is 1. The van der Waals surface area contributed by atoms with Crippen molar-refractivity contribution in [2.24, 2.45) is 0 Å². The molecule has 1 fully saturated rings. The molecule has 1 saturated heterocycles. The summed E-state index contributed by atoms with van der Waals surface area (Å²) in [4.78, 5) is 24.0. The van der Waals surface area contributed by atoms with Crippen LogP contribution in [0.1, 0.15) is 12.8 Å². The Morgan fingerprint density at radius 3 is 2.29 bits per heavy atom. The lowest BCUT2D eigenvalue weighted by Crippen LogP contribution is -2.17. The average molecular weight is 234 g/mol. The van der Waals surface area contributed by atoms with Crippen LogP contribution in [0.4, 0.5) is 5.69 Å². The second-order valence-corrected chi connectivity index (χ2v) is 3.97. The monoisotopic (exact) mass is 234 g/mol. The SMILES string of the molecule is CN(C=O)c1ccccc1.CN1CCCC1=O. The van der Waals surface area contributed by atoms with Crippen molar-refractivity contribution in [3.8, 4) is 0 Å². The van der Waals surface area contributed by atoms with Crippen molar-refractivity contribution in [3.63, 3.8) is 0 Å². The fraction of sp³-hybridized carbons (Fsp3) is 0.385. The molecule has 1 aliphatic rings. The molecule has 0 unspecified atom stereocenters. The van der Waals surface area contributed by atoms with Crippen LogP contribution in [0.15, 0.2) is 30.3 Å². The molecule has 4 nitrogen and oxygen atoms in total. The molecule has 0 radical (unpaired) electrons. The van der Waals surface area contributed by atoms with Crippen LogP contribution in [-0.4, -0.2) is 37.9 Å². The molecule has 1 aromatic carbocycles. The number of nitrogens with zero attached hydrogens (tertiary/aromatic N) is 2. The Balaban J connectivity index is 0.000000181. The summed E-state index contributed by atoms with van der Waals surface area (Å²) in [5.41, 5.74) is 0.914. The van der Waals surface area contributed by atoms with E-state index in [9.17, 15) is 9.59 Å². The van der Waals surface area contributed by atoms with Crippen molar-refractivity contribution in [1.82, 2.24) is 4.90 Å². The number of anilines is 1. The molecule has 0 N–H and O–H groups in total. The first kappa shape index (κ1) is 13.2. The Bertz CT molecular complexity index is 365. The minimum absolute atomic E-state index is 0.292. The van der Waals surface area contributed by atoms with Crippen molar-refractivity contribution in [1.29, 1.82) is 0 Å². The van der Waals surface area contributed by atoms with E-state index in [1.165, 1.54) is 4.90 Å². The smallest absolute Gasteiger partial charge is 0.222 e. The largest absolute Gasteiger partial charge is 0.346 e. The Hall–Kier alpha value is -1.84. The van der Waals surface area contributed by atoms with Crippen LogP contribution >= 0.6 is 0 Å². The van der Waals surface area contributed by atoms with Gasteiger partial charge in [-0.2, -0.15) is 0 Å². The highest BCUT2D eigenvalue weighted by Gasteiger charge is 2.14. The zero-order valence-corrected chi connectivity index (χ0v) is 10.3. The number of rotatable bonds is 2. The summed E-state index contributed by atoms with van der Waals surface area (Å²) in [5, 5.41) is 0. The summed E-state index contributed by atoms with van der Waals surface area (Å²) >= 11 is 0. The van der Waals surface area contributed by atoms with E-state index in [1.807, 2.05) is 37.4 Å². The lowest BCUT2D eigenvalue weighted by Gasteiger charge is -2.08. The molecule has 0 atom stereocenters. The van der Waals surface area contributed by atoms with Crippen LogP contribution in [0, 0.1) is 0 Å². The standard InChI is InChI=1S/C8H9NO.C5H9NO/c1-9(7-10)8-5-3-2-4-6-8;1-6-4-2-3-5(6)7/h2-7H,1H3;2-4H2,1H3. The van der Waals surface area contributed by atoms with Crippen LogP contribution in [0.3, 0.4) is 0 Å². The molecule has 1 aliphatic heterocycles. The molecule has 1 heterocycles. The second kappa shape index (κ2) is 6.68. The van der Waals surface area contributed by atoms with Gasteiger partial charge in [-0.3, -0.25) is 9.59 Å². The van der Waals surface area contributed by atoms with Gasteiger partial charge in [0.05, 0.1) is 0 Å². The van der Waals surface area contributed by atoms with Crippen molar-refractivity contribution < 1.29 is 9.59 Å². The van der Waals surface area contributed by atoms with E-state index in [0.717, 1.165) is 31.5 Å². The van der Waals surface area contributed by atoms with E-state index in [2.05, 4.69) is 0 Å². The third-order valence-electron chi connectivity index (χ3n) is 2.63. The third kappa shape index (κ3) is 4.26. The summed E-state index contributed by atoms with van der Waals surface area (Å²) in [6, 6.07) is 9.48. The highest BCUT2D eigenvalue weighted by atomic mass is 16.2. The first-order valence-electron chi connectivity index (χ1n) is 5.62. The maximum Gasteiger partial charge on any atom is 0.222 e. The molecule has 0 bridgehead atoms. The molecule has 92 valence electrons. The van der Waals surface area contributed by atoms with Gasteiger partial charge in [-0.05, 0) is 18.6 Å². The molecular weight excluding hydrogens is 216 g/mol. The number of hydrogen-bond acceptors (Lipinski definition) is 2. The minimum Gasteiger partial charge on any atom is -0.346 e. The first-order valence-corrected chi connectivity index (χ1v) is 5.62. The maximum atomic E-state index is 10.5. The zero-order chi connectivity index (χ0) is 12.7. The number of benzene rings is 1. The van der Waals surface area contributed by atoms with Gasteiger partial charge in [0.2, 0.25) is 12.3 Å². The first-order chi connectivity index (χ1) is 8.15. The Morgan fingerprint density at radius 1 is 1.29 bits per heavy atom. The third-order valence-corrected chi connectivity index (χ3v) is 2.63. The molecule has 0 saturated carbocycles. The van der Waals surface area contributed by atoms with Gasteiger partial charge in [-0.25, -0.2) is 0 Å². The quantitative estimate of drug-likeness (QED) is 0.728. The van der Waals surface area contributed by atoms with E-state index in [1.54, 1.807) is 11.9 Å². The lowest BCUT2D eigenvalue weighted by molar-refractivity contribution is -0.126. The van der Waals surface area contributed by atoms with Crippen molar-refractivity contribution >= 4 is 18.0 Å². The summed E-state index contributed by atoms with van der Waals surface area (Å²) in [6.07, 6.45) is 2.60. The summed E-state index contributed by atoms with van der Waals surface area (Å²) in [7, 11) is 3.57. The molecule has 17 heavy (non-hydrogen) atoms. The van der Waals surface area contributed by atoms with E-state index in [0.29, 0.717) is 5.91 Å². The molecule has 0 aliphatic carbocycles. The van der Waals surface area contributed by atoms with Gasteiger partial charge in [-0.1, -0.05) is 18.2 Å². The number of carbonyl (C=O) groups is 2. The number of likely N-dealkylation sites (tertiary alicyclic amines) is 1. The van der Waals surface area contributed by atoms with Gasteiger partial charge in [0.1, 0.15) is 0 Å². The Morgan fingerprint density at radius 2 is 1.94 bits per heavy atom. The van der Waals surface area contributed by atoms with E-state index >= 15 is 0 Å². The topological polar surface area (TPSA) is 40.6 Å². The number of hydrogen-bond donors (Lipinski definition) is 0. The van der Waals surface area contributed by atoms with Gasteiger partial charge in [0.15, 0.2) is 0 Å². The Kier molecular flexibility index (Phi) is 5.20. The van der Waals surface area contributed by atoms with Crippen LogP contribution < -0.4 is 4.90 Å². The van der Waals surface area contributed by atoms with E-state index in [4.69, 9.17) is 0 Å². The predicted octanol–water partition coefficient (Wildman–Crippen LogP) is 1.52. The fourth-order valence-corrected chi connectivity index (χ4v) is 1.51. The van der Waals surface area contributed by atoms with E-state index in [-0.39, 0.29) is 0 Å². The molecule has 1 aromatic rings. The molecule has 2 rings (SSSR count). The lowest BCUT2D eigenvalue weighted by atomic mass is 10.3. The minimum atomic E-state index is 0.292. The summed E-state index contributed by atoms with van der Waals surface area (Å²) < 4.78 is 0. The summed E-state index contributed by atoms with van der Waals surface area (Å²) in [5.74, 6) is 0.292. The summed E-state index contributed by atoms with van der Waals surface area (Å²) in [6.45, 7) is 0.957. The van der Waals surface area contributed by atoms with E-state index < -0.39 is 0 Å². The maximum absolute atomic E-state index is 10.5. The van der Waals surface area contributed by atoms with Crippen molar-refractivity contribution in [2.45, 2.75) is 12.8 Å². The average Bonchev–Trinajstić information content (AvgIpc) is 2.75. The molecular formula is C13H18N2O2. The molecule has 0 aromatic heterocycles. The van der Waals surface area contributed by atoms with Crippen molar-refractivity contribution in [2.75, 3.05) is 25.5 Å². The molecule has 0 spiro atoms. The molecule has 2 amide bonds. The van der Waals surface area contributed by atoms with Gasteiger partial charge >= 0.3 is 0 Å². The highest BCUT2D eigenvalue weighted by Crippen LogP contribution is 2.07.